The zero-order valence-corrected chi connectivity index (χ0v) is 9.37. The summed E-state index contributed by atoms with van der Waals surface area (Å²) >= 11 is 0. The molecule has 1 aliphatic rings. The number of carboxylic acids is 1. The van der Waals surface area contributed by atoms with E-state index in [9.17, 15) is 9.59 Å². The van der Waals surface area contributed by atoms with Crippen LogP contribution < -0.4 is 0 Å². The van der Waals surface area contributed by atoms with Gasteiger partial charge in [-0.15, -0.1) is 0 Å². The second-order valence-corrected chi connectivity index (χ2v) is 4.54. The van der Waals surface area contributed by atoms with Crippen molar-refractivity contribution < 1.29 is 14.7 Å². The molecule has 0 aromatic heterocycles. The number of hydrogen-bond donors (Lipinski definition) is 1. The van der Waals surface area contributed by atoms with Crippen molar-refractivity contribution in [1.29, 1.82) is 0 Å². The first-order valence-corrected chi connectivity index (χ1v) is 5.88. The molecule has 0 saturated heterocycles. The molecule has 0 aromatic rings. The zero-order chi connectivity index (χ0) is 11.3. The van der Waals surface area contributed by atoms with E-state index in [1.165, 1.54) is 12.8 Å². The first kappa shape index (κ1) is 12.2. The quantitative estimate of drug-likeness (QED) is 0.713. The highest BCUT2D eigenvalue weighted by molar-refractivity contribution is 5.96. The molecule has 15 heavy (non-hydrogen) atoms. The third kappa shape index (κ3) is 4.02. The number of aliphatic carboxylic acids is 1. The van der Waals surface area contributed by atoms with Crippen LogP contribution in [0, 0.1) is 11.8 Å². The standard InChI is InChI=1S/C12H20O3/c1-2-3-9-4-6-10(7-5-9)11(13)8-12(14)15/h9-10H,2-8H2,1H3,(H,14,15). The summed E-state index contributed by atoms with van der Waals surface area (Å²) in [5.41, 5.74) is 0. The molecule has 1 aliphatic carbocycles. The maximum absolute atomic E-state index is 11.5. The Labute approximate surface area is 90.9 Å². The molecule has 0 radical (unpaired) electrons. The van der Waals surface area contributed by atoms with Gasteiger partial charge in [-0.2, -0.15) is 0 Å². The minimum absolute atomic E-state index is 0.0224. The molecule has 0 spiro atoms. The Hall–Kier alpha value is -0.860. The van der Waals surface area contributed by atoms with E-state index in [-0.39, 0.29) is 18.1 Å². The normalized spacial score (nSPS) is 26.2. The van der Waals surface area contributed by atoms with Gasteiger partial charge in [0.05, 0.1) is 0 Å². The first-order chi connectivity index (χ1) is 7.13. The van der Waals surface area contributed by atoms with Crippen molar-refractivity contribution in [2.45, 2.75) is 51.9 Å². The summed E-state index contributed by atoms with van der Waals surface area (Å²) in [7, 11) is 0. The molecule has 0 aliphatic heterocycles. The molecule has 1 N–H and O–H groups in total. The minimum atomic E-state index is -0.990. The lowest BCUT2D eigenvalue weighted by Gasteiger charge is -2.27. The van der Waals surface area contributed by atoms with Crippen molar-refractivity contribution in [3.63, 3.8) is 0 Å². The number of rotatable bonds is 5. The zero-order valence-electron chi connectivity index (χ0n) is 9.37. The van der Waals surface area contributed by atoms with Crippen LogP contribution in [0.2, 0.25) is 0 Å². The second kappa shape index (κ2) is 5.89. The summed E-state index contributed by atoms with van der Waals surface area (Å²) in [5.74, 6) is -0.272. The third-order valence-electron chi connectivity index (χ3n) is 3.32. The van der Waals surface area contributed by atoms with Gasteiger partial charge in [-0.05, 0) is 31.6 Å². The number of Topliss-reactive ketones (excluding diaryl/α,β-unsaturated/α-hetero) is 1. The maximum Gasteiger partial charge on any atom is 0.310 e. The summed E-state index contributed by atoms with van der Waals surface area (Å²) in [6.07, 6.45) is 6.17. The highest BCUT2D eigenvalue weighted by atomic mass is 16.4. The molecule has 0 bridgehead atoms. The van der Waals surface area contributed by atoms with Gasteiger partial charge in [0.2, 0.25) is 0 Å². The van der Waals surface area contributed by atoms with Gasteiger partial charge in [0.1, 0.15) is 12.2 Å². The van der Waals surface area contributed by atoms with Gasteiger partial charge in [0, 0.05) is 5.92 Å². The van der Waals surface area contributed by atoms with Gasteiger partial charge in [-0.1, -0.05) is 19.8 Å². The molecule has 0 atom stereocenters. The Morgan fingerprint density at radius 1 is 1.20 bits per heavy atom. The van der Waals surface area contributed by atoms with E-state index in [0.29, 0.717) is 0 Å². The van der Waals surface area contributed by atoms with Crippen LogP contribution in [-0.2, 0) is 9.59 Å². The van der Waals surface area contributed by atoms with Gasteiger partial charge in [-0.3, -0.25) is 9.59 Å². The number of carbonyl (C=O) groups excluding carboxylic acids is 1. The average molecular weight is 212 g/mol. The van der Waals surface area contributed by atoms with Crippen molar-refractivity contribution in [3.05, 3.63) is 0 Å². The molecule has 3 nitrogen and oxygen atoms in total. The Kier molecular flexibility index (Phi) is 4.79. The van der Waals surface area contributed by atoms with Crippen LogP contribution in [0.15, 0.2) is 0 Å². The number of ketones is 1. The highest BCUT2D eigenvalue weighted by Crippen LogP contribution is 2.32. The number of carboxylic acid groups (broad SMARTS) is 1. The van der Waals surface area contributed by atoms with Crippen LogP contribution in [0.25, 0.3) is 0 Å². The van der Waals surface area contributed by atoms with Gasteiger partial charge in [0.15, 0.2) is 0 Å². The van der Waals surface area contributed by atoms with Gasteiger partial charge in [0.25, 0.3) is 0 Å². The molecule has 0 unspecified atom stereocenters. The molecule has 1 rings (SSSR count). The predicted molar refractivity (Wildman–Crippen MR) is 57.6 cm³/mol. The summed E-state index contributed by atoms with van der Waals surface area (Å²) in [6.45, 7) is 2.18. The van der Waals surface area contributed by atoms with Crippen molar-refractivity contribution in [1.82, 2.24) is 0 Å². The number of hydrogen-bond acceptors (Lipinski definition) is 2. The summed E-state index contributed by atoms with van der Waals surface area (Å²) in [5, 5.41) is 8.53. The van der Waals surface area contributed by atoms with E-state index in [0.717, 1.165) is 31.6 Å². The van der Waals surface area contributed by atoms with Crippen molar-refractivity contribution in [2.75, 3.05) is 0 Å². The molecule has 0 heterocycles. The van der Waals surface area contributed by atoms with Crippen LogP contribution in [0.5, 0.6) is 0 Å². The fraction of sp³-hybridized carbons (Fsp3) is 0.833. The maximum atomic E-state index is 11.5. The molecule has 0 aromatic carbocycles. The van der Waals surface area contributed by atoms with Gasteiger partial charge in [-0.25, -0.2) is 0 Å². The van der Waals surface area contributed by atoms with E-state index in [4.69, 9.17) is 5.11 Å². The number of carbonyl (C=O) groups is 2. The van der Waals surface area contributed by atoms with Crippen molar-refractivity contribution >= 4 is 11.8 Å². The SMILES string of the molecule is CCCC1CCC(C(=O)CC(=O)O)CC1. The average Bonchev–Trinajstić information content (AvgIpc) is 2.18. The summed E-state index contributed by atoms with van der Waals surface area (Å²) in [6, 6.07) is 0. The molecular formula is C12H20O3. The van der Waals surface area contributed by atoms with E-state index < -0.39 is 5.97 Å². The van der Waals surface area contributed by atoms with Crippen LogP contribution >= 0.6 is 0 Å². The van der Waals surface area contributed by atoms with Crippen molar-refractivity contribution in [3.8, 4) is 0 Å². The fourth-order valence-corrected chi connectivity index (χ4v) is 2.47. The lowest BCUT2D eigenvalue weighted by Crippen LogP contribution is -2.23. The second-order valence-electron chi connectivity index (χ2n) is 4.54. The van der Waals surface area contributed by atoms with E-state index in [2.05, 4.69) is 6.92 Å². The van der Waals surface area contributed by atoms with Gasteiger partial charge < -0.3 is 5.11 Å². The lowest BCUT2D eigenvalue weighted by atomic mass is 9.78. The van der Waals surface area contributed by atoms with Crippen LogP contribution in [0.3, 0.4) is 0 Å². The smallest absolute Gasteiger partial charge is 0.310 e. The Bertz CT molecular complexity index is 227. The third-order valence-corrected chi connectivity index (χ3v) is 3.32. The Balaban J connectivity index is 2.30. The molecule has 1 saturated carbocycles. The van der Waals surface area contributed by atoms with Crippen LogP contribution in [0.4, 0.5) is 0 Å². The van der Waals surface area contributed by atoms with Gasteiger partial charge >= 0.3 is 5.97 Å². The van der Waals surface area contributed by atoms with Crippen molar-refractivity contribution in [2.24, 2.45) is 11.8 Å². The molecule has 86 valence electrons. The Morgan fingerprint density at radius 2 is 1.80 bits per heavy atom. The predicted octanol–water partition coefficient (Wildman–Crippen LogP) is 2.64. The summed E-state index contributed by atoms with van der Waals surface area (Å²) < 4.78 is 0. The van der Waals surface area contributed by atoms with E-state index in [1.54, 1.807) is 0 Å². The Morgan fingerprint density at radius 3 is 2.27 bits per heavy atom. The van der Waals surface area contributed by atoms with E-state index in [1.807, 2.05) is 0 Å². The lowest BCUT2D eigenvalue weighted by molar-refractivity contribution is -0.141. The molecule has 0 amide bonds. The minimum Gasteiger partial charge on any atom is -0.481 e. The summed E-state index contributed by atoms with van der Waals surface area (Å²) in [4.78, 5) is 21.9. The van der Waals surface area contributed by atoms with E-state index >= 15 is 0 Å². The first-order valence-electron chi connectivity index (χ1n) is 5.88. The fourth-order valence-electron chi connectivity index (χ4n) is 2.47. The van der Waals surface area contributed by atoms with Crippen LogP contribution in [0.1, 0.15) is 51.9 Å². The molecule has 1 fully saturated rings. The highest BCUT2D eigenvalue weighted by Gasteiger charge is 2.26. The van der Waals surface area contributed by atoms with Crippen LogP contribution in [-0.4, -0.2) is 16.9 Å². The topological polar surface area (TPSA) is 54.4 Å². The largest absolute Gasteiger partial charge is 0.481 e. The molecule has 3 heteroatoms. The molecular weight excluding hydrogens is 192 g/mol. The monoisotopic (exact) mass is 212 g/mol.